The maximum absolute atomic E-state index is 5.65. The maximum Gasteiger partial charge on any atom is 0.122 e. The molecule has 1 saturated heterocycles. The molecular formula is C11H18N2OS. The maximum atomic E-state index is 5.65. The van der Waals surface area contributed by atoms with Crippen LogP contribution in [0.2, 0.25) is 0 Å². The Kier molecular flexibility index (Phi) is 4.11. The van der Waals surface area contributed by atoms with Gasteiger partial charge in [-0.15, -0.1) is 0 Å². The Hall–Kier alpha value is -0.450. The number of hydrogen-bond acceptors (Lipinski definition) is 4. The summed E-state index contributed by atoms with van der Waals surface area (Å²) in [4.78, 5) is 2.46. The first-order valence-electron chi connectivity index (χ1n) is 5.45. The van der Waals surface area contributed by atoms with E-state index in [2.05, 4.69) is 4.90 Å². The molecule has 4 heteroatoms. The molecule has 0 atom stereocenters. The van der Waals surface area contributed by atoms with E-state index >= 15 is 0 Å². The average Bonchev–Trinajstić information content (AvgIpc) is 2.53. The minimum absolute atomic E-state index is 0.578. The van der Waals surface area contributed by atoms with Crippen LogP contribution in [0.5, 0.6) is 0 Å². The minimum atomic E-state index is 0.578. The molecule has 0 unspecified atom stereocenters. The van der Waals surface area contributed by atoms with Gasteiger partial charge in [-0.05, 0) is 24.8 Å². The quantitative estimate of drug-likeness (QED) is 0.851. The molecule has 1 aromatic rings. The van der Waals surface area contributed by atoms with Crippen molar-refractivity contribution in [2.75, 3.05) is 24.6 Å². The molecule has 0 radical (unpaired) electrons. The lowest BCUT2D eigenvalue weighted by Gasteiger charge is -2.18. The summed E-state index contributed by atoms with van der Waals surface area (Å²) in [5.74, 6) is 3.57. The SMILES string of the molecule is NCc1ccoc1CN1CCCSCC1. The van der Waals surface area contributed by atoms with Gasteiger partial charge >= 0.3 is 0 Å². The molecular weight excluding hydrogens is 208 g/mol. The van der Waals surface area contributed by atoms with E-state index in [-0.39, 0.29) is 0 Å². The minimum Gasteiger partial charge on any atom is -0.468 e. The zero-order chi connectivity index (χ0) is 10.5. The standard InChI is InChI=1S/C11H18N2OS/c12-8-10-2-5-14-11(10)9-13-3-1-6-15-7-4-13/h2,5H,1,3-4,6-9,12H2. The first kappa shape index (κ1) is 11.0. The fraction of sp³-hybridized carbons (Fsp3) is 0.636. The number of hydrogen-bond donors (Lipinski definition) is 1. The van der Waals surface area contributed by atoms with Crippen molar-refractivity contribution in [1.82, 2.24) is 4.90 Å². The Morgan fingerprint density at radius 3 is 3.20 bits per heavy atom. The number of nitrogens with two attached hydrogens (primary N) is 1. The van der Waals surface area contributed by atoms with E-state index in [4.69, 9.17) is 10.2 Å². The van der Waals surface area contributed by atoms with E-state index in [0.29, 0.717) is 6.54 Å². The molecule has 84 valence electrons. The summed E-state index contributed by atoms with van der Waals surface area (Å²) in [6.07, 6.45) is 3.02. The van der Waals surface area contributed by atoms with Crippen LogP contribution in [-0.2, 0) is 13.1 Å². The first-order chi connectivity index (χ1) is 7.40. The van der Waals surface area contributed by atoms with E-state index in [1.165, 1.54) is 24.5 Å². The zero-order valence-corrected chi connectivity index (χ0v) is 9.76. The molecule has 1 aromatic heterocycles. The molecule has 1 aliphatic rings. The van der Waals surface area contributed by atoms with Gasteiger partial charge in [-0.3, -0.25) is 4.90 Å². The summed E-state index contributed by atoms with van der Waals surface area (Å²) in [7, 11) is 0. The zero-order valence-electron chi connectivity index (χ0n) is 8.95. The van der Waals surface area contributed by atoms with Gasteiger partial charge in [0.1, 0.15) is 5.76 Å². The van der Waals surface area contributed by atoms with Crippen LogP contribution in [0.25, 0.3) is 0 Å². The molecule has 0 aromatic carbocycles. The number of thioether (sulfide) groups is 1. The highest BCUT2D eigenvalue weighted by Crippen LogP contribution is 2.16. The molecule has 2 heterocycles. The van der Waals surface area contributed by atoms with Gasteiger partial charge in [-0.2, -0.15) is 11.8 Å². The van der Waals surface area contributed by atoms with Gasteiger partial charge in [0, 0.05) is 24.4 Å². The van der Waals surface area contributed by atoms with Gasteiger partial charge in [0.05, 0.1) is 12.8 Å². The predicted octanol–water partition coefficient (Wildman–Crippen LogP) is 1.68. The second-order valence-corrected chi connectivity index (χ2v) is 5.04. The lowest BCUT2D eigenvalue weighted by atomic mass is 10.2. The topological polar surface area (TPSA) is 42.4 Å². The van der Waals surface area contributed by atoms with Gasteiger partial charge in [-0.25, -0.2) is 0 Å². The summed E-state index contributed by atoms with van der Waals surface area (Å²) < 4.78 is 5.47. The lowest BCUT2D eigenvalue weighted by molar-refractivity contribution is 0.261. The second kappa shape index (κ2) is 5.58. The van der Waals surface area contributed by atoms with Crippen molar-refractivity contribution in [3.63, 3.8) is 0 Å². The van der Waals surface area contributed by atoms with Gasteiger partial charge in [0.25, 0.3) is 0 Å². The van der Waals surface area contributed by atoms with Crippen molar-refractivity contribution in [3.8, 4) is 0 Å². The van der Waals surface area contributed by atoms with E-state index in [1.54, 1.807) is 6.26 Å². The molecule has 2 N–H and O–H groups in total. The Balaban J connectivity index is 1.94. The van der Waals surface area contributed by atoms with Gasteiger partial charge in [0.15, 0.2) is 0 Å². The summed E-state index contributed by atoms with van der Waals surface area (Å²) in [5, 5.41) is 0. The van der Waals surface area contributed by atoms with Gasteiger partial charge in [-0.1, -0.05) is 0 Å². The highest BCUT2D eigenvalue weighted by atomic mass is 32.2. The summed E-state index contributed by atoms with van der Waals surface area (Å²) in [5.41, 5.74) is 6.79. The van der Waals surface area contributed by atoms with Crippen molar-refractivity contribution >= 4 is 11.8 Å². The van der Waals surface area contributed by atoms with Gasteiger partial charge < -0.3 is 10.2 Å². The van der Waals surface area contributed by atoms with E-state index < -0.39 is 0 Å². The summed E-state index contributed by atoms with van der Waals surface area (Å²) in [6.45, 7) is 3.83. The van der Waals surface area contributed by atoms with Crippen molar-refractivity contribution in [2.24, 2.45) is 5.73 Å². The molecule has 0 spiro atoms. The predicted molar refractivity (Wildman–Crippen MR) is 63.8 cm³/mol. The van der Waals surface area contributed by atoms with Crippen LogP contribution in [0.4, 0.5) is 0 Å². The monoisotopic (exact) mass is 226 g/mol. The molecule has 3 nitrogen and oxygen atoms in total. The Bertz CT molecular complexity index is 293. The van der Waals surface area contributed by atoms with Crippen LogP contribution in [-0.4, -0.2) is 29.5 Å². The number of nitrogens with zero attached hydrogens (tertiary/aromatic N) is 1. The van der Waals surface area contributed by atoms with Crippen molar-refractivity contribution < 1.29 is 4.42 Å². The fourth-order valence-corrected chi connectivity index (χ4v) is 2.77. The van der Waals surface area contributed by atoms with E-state index in [9.17, 15) is 0 Å². The van der Waals surface area contributed by atoms with E-state index in [1.807, 2.05) is 17.8 Å². The molecule has 0 amide bonds. The smallest absolute Gasteiger partial charge is 0.122 e. The Labute approximate surface area is 95.0 Å². The third-order valence-corrected chi connectivity index (χ3v) is 3.79. The second-order valence-electron chi connectivity index (χ2n) is 3.82. The van der Waals surface area contributed by atoms with Crippen LogP contribution in [0.15, 0.2) is 16.7 Å². The molecule has 0 aliphatic carbocycles. The molecule has 2 rings (SSSR count). The van der Waals surface area contributed by atoms with Crippen LogP contribution < -0.4 is 5.73 Å². The van der Waals surface area contributed by atoms with Crippen molar-refractivity contribution in [2.45, 2.75) is 19.5 Å². The third-order valence-electron chi connectivity index (χ3n) is 2.74. The van der Waals surface area contributed by atoms with Crippen LogP contribution in [0, 0.1) is 0 Å². The van der Waals surface area contributed by atoms with Crippen LogP contribution >= 0.6 is 11.8 Å². The third kappa shape index (κ3) is 3.00. The van der Waals surface area contributed by atoms with Gasteiger partial charge in [0.2, 0.25) is 0 Å². The first-order valence-corrected chi connectivity index (χ1v) is 6.61. The molecule has 15 heavy (non-hydrogen) atoms. The van der Waals surface area contributed by atoms with Crippen molar-refractivity contribution in [1.29, 1.82) is 0 Å². The molecule has 0 bridgehead atoms. The average molecular weight is 226 g/mol. The molecule has 1 fully saturated rings. The number of furan rings is 1. The largest absolute Gasteiger partial charge is 0.468 e. The van der Waals surface area contributed by atoms with Crippen molar-refractivity contribution in [3.05, 3.63) is 23.7 Å². The fourth-order valence-electron chi connectivity index (χ4n) is 1.85. The van der Waals surface area contributed by atoms with E-state index in [0.717, 1.165) is 24.4 Å². The highest BCUT2D eigenvalue weighted by molar-refractivity contribution is 7.99. The normalized spacial score (nSPS) is 19.0. The lowest BCUT2D eigenvalue weighted by Crippen LogP contribution is -2.25. The van der Waals surface area contributed by atoms with Crippen LogP contribution in [0.1, 0.15) is 17.7 Å². The summed E-state index contributed by atoms with van der Waals surface area (Å²) >= 11 is 2.05. The molecule has 1 aliphatic heterocycles. The molecule has 0 saturated carbocycles. The van der Waals surface area contributed by atoms with Crippen LogP contribution in [0.3, 0.4) is 0 Å². The highest BCUT2D eigenvalue weighted by Gasteiger charge is 2.13. The Morgan fingerprint density at radius 2 is 2.33 bits per heavy atom. The Morgan fingerprint density at radius 1 is 1.40 bits per heavy atom. The summed E-state index contributed by atoms with van der Waals surface area (Å²) in [6, 6.07) is 1.97. The number of rotatable bonds is 3.